The minimum Gasteiger partial charge on any atom is -0.508 e. The number of hydrazine groups is 1. The molecule has 4 nitrogen and oxygen atoms in total. The summed E-state index contributed by atoms with van der Waals surface area (Å²) in [7, 11) is 0. The van der Waals surface area contributed by atoms with E-state index in [0.29, 0.717) is 11.8 Å². The third-order valence-electron chi connectivity index (χ3n) is 3.79. The second-order valence-electron chi connectivity index (χ2n) is 5.06. The molecule has 1 aliphatic carbocycles. The number of phenols is 1. The van der Waals surface area contributed by atoms with E-state index in [9.17, 15) is 5.11 Å². The Morgan fingerprint density at radius 3 is 2.94 bits per heavy atom. The Labute approximate surface area is 108 Å². The molecule has 4 heteroatoms. The number of hydrogen-bond acceptors (Lipinski definition) is 4. The van der Waals surface area contributed by atoms with Crippen LogP contribution in [0.2, 0.25) is 0 Å². The first kappa shape index (κ1) is 12.0. The number of fused-ring (bicyclic) bond motifs is 1. The van der Waals surface area contributed by atoms with Gasteiger partial charge in [-0.1, -0.05) is 6.07 Å². The molecule has 98 valence electrons. The average Bonchev–Trinajstić information content (AvgIpc) is 2.40. The highest BCUT2D eigenvalue weighted by Crippen LogP contribution is 2.32. The molecule has 1 unspecified atom stereocenters. The summed E-state index contributed by atoms with van der Waals surface area (Å²) in [4.78, 5) is 0. The smallest absolute Gasteiger partial charge is 0.115 e. The Morgan fingerprint density at radius 1 is 1.28 bits per heavy atom. The van der Waals surface area contributed by atoms with Crippen LogP contribution in [0.4, 0.5) is 0 Å². The van der Waals surface area contributed by atoms with E-state index in [1.165, 1.54) is 17.5 Å². The van der Waals surface area contributed by atoms with E-state index >= 15 is 0 Å². The van der Waals surface area contributed by atoms with Crippen LogP contribution in [0, 0.1) is 0 Å². The molecule has 18 heavy (non-hydrogen) atoms. The number of nitrogens with one attached hydrogen (secondary N) is 1. The highest BCUT2D eigenvalue weighted by Gasteiger charge is 2.23. The molecular formula is C14H20N2O2. The monoisotopic (exact) mass is 248 g/mol. The Kier molecular flexibility index (Phi) is 3.50. The van der Waals surface area contributed by atoms with Gasteiger partial charge in [0.25, 0.3) is 0 Å². The zero-order valence-electron chi connectivity index (χ0n) is 10.6. The van der Waals surface area contributed by atoms with Crippen LogP contribution in [0.15, 0.2) is 18.2 Å². The highest BCUT2D eigenvalue weighted by molar-refractivity contribution is 5.38. The van der Waals surface area contributed by atoms with E-state index in [-0.39, 0.29) is 0 Å². The van der Waals surface area contributed by atoms with Gasteiger partial charge in [-0.25, -0.2) is 10.4 Å². The molecule has 0 radical (unpaired) electrons. The van der Waals surface area contributed by atoms with Crippen LogP contribution in [0.3, 0.4) is 0 Å². The van der Waals surface area contributed by atoms with E-state index in [1.54, 1.807) is 6.07 Å². The van der Waals surface area contributed by atoms with Gasteiger partial charge < -0.3 is 9.84 Å². The Balaban J connectivity index is 1.74. The van der Waals surface area contributed by atoms with Crippen molar-refractivity contribution in [1.82, 2.24) is 10.4 Å². The fraction of sp³-hybridized carbons (Fsp3) is 0.571. The van der Waals surface area contributed by atoms with Crippen LogP contribution >= 0.6 is 0 Å². The molecule has 1 aromatic rings. The third kappa shape index (κ3) is 2.51. The van der Waals surface area contributed by atoms with Gasteiger partial charge in [-0.05, 0) is 42.5 Å². The quantitative estimate of drug-likeness (QED) is 0.834. The molecule has 1 atom stereocenters. The molecule has 1 aliphatic heterocycles. The summed E-state index contributed by atoms with van der Waals surface area (Å²) < 4.78 is 5.36. The van der Waals surface area contributed by atoms with Gasteiger partial charge in [-0.15, -0.1) is 0 Å². The molecule has 1 fully saturated rings. The van der Waals surface area contributed by atoms with Gasteiger partial charge in [0.15, 0.2) is 0 Å². The first-order valence-corrected chi connectivity index (χ1v) is 6.73. The van der Waals surface area contributed by atoms with E-state index in [2.05, 4.69) is 16.5 Å². The number of ether oxygens (including phenoxy) is 1. The van der Waals surface area contributed by atoms with Gasteiger partial charge in [-0.2, -0.15) is 0 Å². The maximum atomic E-state index is 9.55. The SMILES string of the molecule is Oc1ccc2c(c1)CCCC2NN1CCOCC1. The maximum absolute atomic E-state index is 9.55. The van der Waals surface area contributed by atoms with Crippen molar-refractivity contribution >= 4 is 0 Å². The Hall–Kier alpha value is -1.10. The van der Waals surface area contributed by atoms with E-state index < -0.39 is 0 Å². The predicted molar refractivity (Wildman–Crippen MR) is 69.3 cm³/mol. The zero-order valence-corrected chi connectivity index (χ0v) is 10.6. The summed E-state index contributed by atoms with van der Waals surface area (Å²) in [5.41, 5.74) is 6.23. The number of aromatic hydroxyl groups is 1. The summed E-state index contributed by atoms with van der Waals surface area (Å²) in [6.07, 6.45) is 3.42. The van der Waals surface area contributed by atoms with Gasteiger partial charge in [0, 0.05) is 19.1 Å². The van der Waals surface area contributed by atoms with Gasteiger partial charge >= 0.3 is 0 Å². The number of aryl methyl sites for hydroxylation is 1. The molecule has 2 N–H and O–H groups in total. The van der Waals surface area contributed by atoms with Crippen molar-refractivity contribution in [1.29, 1.82) is 0 Å². The van der Waals surface area contributed by atoms with Crippen LogP contribution in [0.25, 0.3) is 0 Å². The number of nitrogens with zero attached hydrogens (tertiary/aromatic N) is 1. The summed E-state index contributed by atoms with van der Waals surface area (Å²) in [5, 5.41) is 11.8. The molecule has 0 aromatic heterocycles. The summed E-state index contributed by atoms with van der Waals surface area (Å²) in [5.74, 6) is 0.376. The summed E-state index contributed by atoms with van der Waals surface area (Å²) in [6.45, 7) is 3.51. The minimum absolute atomic E-state index is 0.376. The standard InChI is InChI=1S/C14H20N2O2/c17-12-4-5-13-11(10-12)2-1-3-14(13)15-16-6-8-18-9-7-16/h4-5,10,14-15,17H,1-3,6-9H2. The Bertz CT molecular complexity index is 416. The van der Waals surface area contributed by atoms with Crippen molar-refractivity contribution < 1.29 is 9.84 Å². The first-order valence-electron chi connectivity index (χ1n) is 6.73. The molecular weight excluding hydrogens is 228 g/mol. The molecule has 3 rings (SSSR count). The fourth-order valence-electron chi connectivity index (χ4n) is 2.85. The lowest BCUT2D eigenvalue weighted by Gasteiger charge is -2.34. The number of benzene rings is 1. The van der Waals surface area contributed by atoms with Gasteiger partial charge in [0.05, 0.1) is 13.2 Å². The van der Waals surface area contributed by atoms with Crippen LogP contribution in [-0.2, 0) is 11.2 Å². The van der Waals surface area contributed by atoms with Crippen molar-refractivity contribution in [3.05, 3.63) is 29.3 Å². The number of morpholine rings is 1. The van der Waals surface area contributed by atoms with Crippen LogP contribution < -0.4 is 5.43 Å². The molecule has 1 saturated heterocycles. The summed E-state index contributed by atoms with van der Waals surface area (Å²) in [6, 6.07) is 6.13. The van der Waals surface area contributed by atoms with Crippen molar-refractivity contribution in [2.45, 2.75) is 25.3 Å². The lowest BCUT2D eigenvalue weighted by molar-refractivity contribution is 0.00187. The molecule has 0 spiro atoms. The molecule has 0 saturated carbocycles. The summed E-state index contributed by atoms with van der Waals surface area (Å²) >= 11 is 0. The number of rotatable bonds is 2. The maximum Gasteiger partial charge on any atom is 0.115 e. The number of phenolic OH excluding ortho intramolecular Hbond substituents is 1. The normalized spacial score (nSPS) is 24.8. The van der Waals surface area contributed by atoms with Crippen LogP contribution in [0.1, 0.15) is 30.0 Å². The lowest BCUT2D eigenvalue weighted by atomic mass is 9.88. The molecule has 1 aromatic carbocycles. The minimum atomic E-state index is 0.376. The van der Waals surface area contributed by atoms with Crippen molar-refractivity contribution in [3.63, 3.8) is 0 Å². The van der Waals surface area contributed by atoms with Gasteiger partial charge in [0.2, 0.25) is 0 Å². The van der Waals surface area contributed by atoms with Crippen LogP contribution in [0.5, 0.6) is 5.75 Å². The van der Waals surface area contributed by atoms with E-state index in [1.807, 2.05) is 6.07 Å². The average molecular weight is 248 g/mol. The van der Waals surface area contributed by atoms with Crippen molar-refractivity contribution in [2.75, 3.05) is 26.3 Å². The topological polar surface area (TPSA) is 44.7 Å². The van der Waals surface area contributed by atoms with Gasteiger partial charge in [-0.3, -0.25) is 0 Å². The van der Waals surface area contributed by atoms with E-state index in [0.717, 1.165) is 39.1 Å². The second-order valence-corrected chi connectivity index (χ2v) is 5.06. The Morgan fingerprint density at radius 2 is 2.11 bits per heavy atom. The molecule has 2 aliphatic rings. The fourth-order valence-corrected chi connectivity index (χ4v) is 2.85. The van der Waals surface area contributed by atoms with Crippen LogP contribution in [-0.4, -0.2) is 36.4 Å². The predicted octanol–water partition coefficient (Wildman–Crippen LogP) is 1.61. The van der Waals surface area contributed by atoms with E-state index in [4.69, 9.17) is 4.74 Å². The molecule has 1 heterocycles. The molecule has 0 amide bonds. The lowest BCUT2D eigenvalue weighted by Crippen LogP contribution is -2.47. The van der Waals surface area contributed by atoms with Crippen molar-refractivity contribution in [2.24, 2.45) is 0 Å². The first-order chi connectivity index (χ1) is 8.83. The molecule has 0 bridgehead atoms. The largest absolute Gasteiger partial charge is 0.508 e. The zero-order chi connectivity index (χ0) is 12.4. The second kappa shape index (κ2) is 5.26. The van der Waals surface area contributed by atoms with Gasteiger partial charge in [0.1, 0.15) is 5.75 Å². The number of hydrogen-bond donors (Lipinski definition) is 2. The highest BCUT2D eigenvalue weighted by atomic mass is 16.5. The van der Waals surface area contributed by atoms with Crippen molar-refractivity contribution in [3.8, 4) is 5.75 Å². The third-order valence-corrected chi connectivity index (χ3v) is 3.79.